The lowest BCUT2D eigenvalue weighted by atomic mass is 10.2. The molecule has 0 amide bonds. The predicted molar refractivity (Wildman–Crippen MR) is 97.7 cm³/mol. The molecule has 0 fully saturated rings. The molecule has 0 saturated heterocycles. The third-order valence-corrected chi connectivity index (χ3v) is 4.52. The van der Waals surface area contributed by atoms with Crippen molar-refractivity contribution in [1.29, 1.82) is 0 Å². The van der Waals surface area contributed by atoms with Gasteiger partial charge in [0.1, 0.15) is 33.3 Å². The number of nitrogens with zero attached hydrogens (tertiary/aromatic N) is 4. The Labute approximate surface area is 142 Å². The van der Waals surface area contributed by atoms with E-state index in [0.29, 0.717) is 0 Å². The molecule has 0 aliphatic rings. The number of hydrogen-bond acceptors (Lipinski definition) is 7. The predicted octanol–water partition coefficient (Wildman–Crippen LogP) is 3.93. The van der Waals surface area contributed by atoms with Gasteiger partial charge in [-0.3, -0.25) is 0 Å². The number of nitrogens with one attached hydrogen (secondary N) is 2. The molecule has 6 nitrogen and oxygen atoms in total. The van der Waals surface area contributed by atoms with Crippen molar-refractivity contribution in [3.8, 4) is 10.6 Å². The van der Waals surface area contributed by atoms with Gasteiger partial charge >= 0.3 is 0 Å². The summed E-state index contributed by atoms with van der Waals surface area (Å²) < 4.78 is 0. The van der Waals surface area contributed by atoms with Crippen LogP contribution in [0, 0.1) is 0 Å². The number of hydrogen-bond donors (Lipinski definition) is 2. The number of fused-ring (bicyclic) bond motifs is 1. The number of anilines is 3. The Balaban J connectivity index is 1.57. The van der Waals surface area contributed by atoms with E-state index < -0.39 is 0 Å². The number of aromatic nitrogens is 4. The monoisotopic (exact) mass is 334 g/mol. The van der Waals surface area contributed by atoms with Crippen LogP contribution in [0.25, 0.3) is 20.9 Å². The largest absolute Gasteiger partial charge is 0.373 e. The summed E-state index contributed by atoms with van der Waals surface area (Å²) in [6.07, 6.45) is 3.31. The highest BCUT2D eigenvalue weighted by Gasteiger charge is 2.07. The average Bonchev–Trinajstić information content (AvgIpc) is 3.06. The smallest absolute Gasteiger partial charge is 0.143 e. The van der Waals surface area contributed by atoms with Crippen molar-refractivity contribution < 1.29 is 0 Å². The Bertz CT molecular complexity index is 947. The standard InChI is InChI=1S/C17H14N6S/c1-18-14-9-15(21-10-20-14)22-12-6-4-11(5-7-12)16-23-13-3-2-8-19-17(13)24-16/h2-10H,1H3,(H2,18,20,21,22). The minimum atomic E-state index is 0.742. The summed E-state index contributed by atoms with van der Waals surface area (Å²) in [6.45, 7) is 0. The van der Waals surface area contributed by atoms with Gasteiger partial charge in [-0.25, -0.2) is 19.9 Å². The molecule has 3 heterocycles. The van der Waals surface area contributed by atoms with Gasteiger partial charge in [-0.05, 0) is 36.4 Å². The topological polar surface area (TPSA) is 75.6 Å². The quantitative estimate of drug-likeness (QED) is 0.589. The lowest BCUT2D eigenvalue weighted by molar-refractivity contribution is 1.16. The number of pyridine rings is 1. The molecule has 3 aromatic heterocycles. The van der Waals surface area contributed by atoms with Crippen LogP contribution in [-0.2, 0) is 0 Å². The molecule has 0 radical (unpaired) electrons. The average molecular weight is 334 g/mol. The van der Waals surface area contributed by atoms with Gasteiger partial charge in [-0.15, -0.1) is 0 Å². The van der Waals surface area contributed by atoms with Gasteiger partial charge in [0.25, 0.3) is 0 Å². The minimum absolute atomic E-state index is 0.742. The maximum absolute atomic E-state index is 4.63. The first kappa shape index (κ1) is 14.5. The highest BCUT2D eigenvalue weighted by atomic mass is 32.1. The van der Waals surface area contributed by atoms with Crippen LogP contribution in [0.1, 0.15) is 0 Å². The summed E-state index contributed by atoms with van der Waals surface area (Å²) in [6, 6.07) is 13.8. The molecule has 1 aromatic carbocycles. The molecule has 24 heavy (non-hydrogen) atoms. The van der Waals surface area contributed by atoms with Gasteiger partial charge in [-0.1, -0.05) is 11.3 Å². The Kier molecular flexibility index (Phi) is 3.76. The van der Waals surface area contributed by atoms with Crippen LogP contribution < -0.4 is 10.6 Å². The van der Waals surface area contributed by atoms with Gasteiger partial charge in [0, 0.05) is 30.6 Å². The van der Waals surface area contributed by atoms with Crippen LogP contribution in [0.2, 0.25) is 0 Å². The number of rotatable bonds is 4. The number of benzene rings is 1. The molecule has 0 aliphatic carbocycles. The summed E-state index contributed by atoms with van der Waals surface area (Å²) in [7, 11) is 1.83. The highest BCUT2D eigenvalue weighted by molar-refractivity contribution is 7.21. The molecule has 0 aliphatic heterocycles. The third-order valence-electron chi connectivity index (χ3n) is 3.49. The molecule has 4 rings (SSSR count). The molecule has 0 unspecified atom stereocenters. The zero-order chi connectivity index (χ0) is 16.4. The zero-order valence-corrected chi connectivity index (χ0v) is 13.7. The first-order valence-electron chi connectivity index (χ1n) is 7.40. The highest BCUT2D eigenvalue weighted by Crippen LogP contribution is 2.29. The number of thiazole rings is 1. The van der Waals surface area contributed by atoms with Crippen LogP contribution in [0.3, 0.4) is 0 Å². The Morgan fingerprint density at radius 1 is 0.958 bits per heavy atom. The van der Waals surface area contributed by atoms with Crippen molar-refractivity contribution in [1.82, 2.24) is 19.9 Å². The molecular weight excluding hydrogens is 320 g/mol. The lowest BCUT2D eigenvalue weighted by Crippen LogP contribution is -1.97. The fourth-order valence-corrected chi connectivity index (χ4v) is 3.21. The molecule has 0 atom stereocenters. The molecule has 118 valence electrons. The van der Waals surface area contributed by atoms with Crippen molar-refractivity contribution in [3.63, 3.8) is 0 Å². The van der Waals surface area contributed by atoms with Gasteiger partial charge in [-0.2, -0.15) is 0 Å². The van der Waals surface area contributed by atoms with Crippen LogP contribution in [0.15, 0.2) is 55.0 Å². The Morgan fingerprint density at radius 2 is 1.79 bits per heavy atom. The van der Waals surface area contributed by atoms with Crippen LogP contribution in [0.5, 0.6) is 0 Å². The van der Waals surface area contributed by atoms with Crippen LogP contribution in [0.4, 0.5) is 17.3 Å². The fraction of sp³-hybridized carbons (Fsp3) is 0.0588. The van der Waals surface area contributed by atoms with Crippen LogP contribution in [-0.4, -0.2) is 27.0 Å². The second-order valence-corrected chi connectivity index (χ2v) is 6.07. The molecule has 2 N–H and O–H groups in total. The van der Waals surface area contributed by atoms with Crippen molar-refractivity contribution >= 4 is 39.0 Å². The van der Waals surface area contributed by atoms with E-state index in [2.05, 4.69) is 30.6 Å². The fourth-order valence-electron chi connectivity index (χ4n) is 2.30. The molecule has 0 saturated carbocycles. The van der Waals surface area contributed by atoms with Crippen molar-refractivity contribution in [2.24, 2.45) is 0 Å². The maximum atomic E-state index is 4.63. The van der Waals surface area contributed by atoms with E-state index in [1.807, 2.05) is 49.5 Å². The van der Waals surface area contributed by atoms with Gasteiger partial charge in [0.2, 0.25) is 0 Å². The summed E-state index contributed by atoms with van der Waals surface area (Å²) >= 11 is 1.59. The first-order chi connectivity index (χ1) is 11.8. The van der Waals surface area contributed by atoms with E-state index in [9.17, 15) is 0 Å². The summed E-state index contributed by atoms with van der Waals surface area (Å²) in [5.74, 6) is 1.51. The molecule has 0 bridgehead atoms. The van der Waals surface area contributed by atoms with E-state index in [1.165, 1.54) is 6.33 Å². The Morgan fingerprint density at radius 3 is 2.58 bits per heavy atom. The summed E-state index contributed by atoms with van der Waals surface area (Å²) in [5, 5.41) is 7.22. The van der Waals surface area contributed by atoms with E-state index in [1.54, 1.807) is 17.5 Å². The van der Waals surface area contributed by atoms with Crippen molar-refractivity contribution in [2.45, 2.75) is 0 Å². The van der Waals surface area contributed by atoms with Crippen molar-refractivity contribution in [2.75, 3.05) is 17.7 Å². The second-order valence-electron chi connectivity index (χ2n) is 5.09. The second kappa shape index (κ2) is 6.21. The third kappa shape index (κ3) is 2.89. The summed E-state index contributed by atoms with van der Waals surface area (Å²) in [5.41, 5.74) is 2.96. The van der Waals surface area contributed by atoms with E-state index in [-0.39, 0.29) is 0 Å². The van der Waals surface area contributed by atoms with E-state index in [4.69, 9.17) is 0 Å². The van der Waals surface area contributed by atoms with Gasteiger partial charge < -0.3 is 10.6 Å². The van der Waals surface area contributed by atoms with Gasteiger partial charge in [0.05, 0.1) is 0 Å². The Hall–Kier alpha value is -3.06. The van der Waals surface area contributed by atoms with Gasteiger partial charge in [0.15, 0.2) is 0 Å². The van der Waals surface area contributed by atoms with Crippen molar-refractivity contribution in [3.05, 3.63) is 55.0 Å². The van der Waals surface area contributed by atoms with E-state index >= 15 is 0 Å². The van der Waals surface area contributed by atoms with E-state index in [0.717, 1.165) is 38.2 Å². The molecular formula is C17H14N6S. The minimum Gasteiger partial charge on any atom is -0.373 e. The summed E-state index contributed by atoms with van der Waals surface area (Å²) in [4.78, 5) is 18.2. The first-order valence-corrected chi connectivity index (χ1v) is 8.22. The molecule has 7 heteroatoms. The normalized spacial score (nSPS) is 10.7. The lowest BCUT2D eigenvalue weighted by Gasteiger charge is -2.07. The SMILES string of the molecule is CNc1cc(Nc2ccc(-c3nc4cccnc4s3)cc2)ncn1. The maximum Gasteiger partial charge on any atom is 0.143 e. The van der Waals surface area contributed by atoms with Crippen LogP contribution >= 0.6 is 11.3 Å². The zero-order valence-electron chi connectivity index (χ0n) is 12.9. The molecule has 4 aromatic rings. The molecule has 0 spiro atoms.